The molecule has 3 aromatic rings. The summed E-state index contributed by atoms with van der Waals surface area (Å²) in [4.78, 5) is 16.1. The third kappa shape index (κ3) is 2.78. The Kier molecular flexibility index (Phi) is 3.66. The average molecular weight is 283 g/mol. The summed E-state index contributed by atoms with van der Waals surface area (Å²) in [6, 6.07) is 11.9. The Bertz CT molecular complexity index is 808. The number of pyridine rings is 1. The Morgan fingerprint density at radius 2 is 2.00 bits per heavy atom. The number of fused-ring (bicyclic) bond motifs is 1. The Hall–Kier alpha value is -2.66. The minimum atomic E-state index is -0.125. The first-order chi connectivity index (χ1) is 10.3. The Morgan fingerprint density at radius 1 is 1.19 bits per heavy atom. The van der Waals surface area contributed by atoms with Crippen molar-refractivity contribution in [1.82, 2.24) is 4.98 Å². The highest BCUT2D eigenvalue weighted by atomic mass is 16.5. The maximum absolute atomic E-state index is 12.0. The summed E-state index contributed by atoms with van der Waals surface area (Å²) in [5.74, 6) is 1.11. The fraction of sp³-hybridized carbons (Fsp3) is 0.125. The molecule has 5 heteroatoms. The number of nitrogens with zero attached hydrogens (tertiary/aromatic N) is 1. The van der Waals surface area contributed by atoms with E-state index in [9.17, 15) is 4.79 Å². The van der Waals surface area contributed by atoms with Gasteiger partial charge in [-0.05, 0) is 36.4 Å². The van der Waals surface area contributed by atoms with Crippen LogP contribution in [0.3, 0.4) is 0 Å². The fourth-order valence-electron chi connectivity index (χ4n) is 2.01. The molecule has 0 saturated heterocycles. The molecule has 0 atom stereocenters. The zero-order valence-corrected chi connectivity index (χ0v) is 11.2. The van der Waals surface area contributed by atoms with Gasteiger partial charge in [0.15, 0.2) is 5.43 Å². The van der Waals surface area contributed by atoms with Crippen LogP contribution in [0, 0.1) is 0 Å². The first-order valence-electron chi connectivity index (χ1n) is 6.51. The molecule has 0 saturated carbocycles. The molecule has 0 spiro atoms. The van der Waals surface area contributed by atoms with E-state index in [1.807, 2.05) is 0 Å². The van der Waals surface area contributed by atoms with Crippen molar-refractivity contribution >= 4 is 11.1 Å². The van der Waals surface area contributed by atoms with Crippen LogP contribution in [0.1, 0.15) is 0 Å². The van der Waals surface area contributed by atoms with Crippen LogP contribution in [-0.2, 0) is 0 Å². The molecule has 5 nitrogen and oxygen atoms in total. The van der Waals surface area contributed by atoms with Crippen molar-refractivity contribution in [1.29, 1.82) is 0 Å². The van der Waals surface area contributed by atoms with Crippen LogP contribution in [-0.4, -0.2) is 23.3 Å². The van der Waals surface area contributed by atoms with Gasteiger partial charge in [-0.3, -0.25) is 4.79 Å². The quantitative estimate of drug-likeness (QED) is 0.795. The summed E-state index contributed by atoms with van der Waals surface area (Å²) in [5.41, 5.74) is 0.955. The number of aliphatic hydroxyl groups is 1. The van der Waals surface area contributed by atoms with Gasteiger partial charge in [0.25, 0.3) is 0 Å². The molecule has 0 amide bonds. The molecule has 0 aliphatic heterocycles. The lowest BCUT2D eigenvalue weighted by molar-refractivity contribution is 0.201. The molecule has 1 aromatic carbocycles. The van der Waals surface area contributed by atoms with E-state index in [4.69, 9.17) is 14.3 Å². The zero-order chi connectivity index (χ0) is 14.7. The predicted molar refractivity (Wildman–Crippen MR) is 78.3 cm³/mol. The molecule has 21 heavy (non-hydrogen) atoms. The molecule has 2 heterocycles. The zero-order valence-electron chi connectivity index (χ0n) is 11.2. The molecule has 1 N–H and O–H groups in total. The Balaban J connectivity index is 1.98. The molecule has 0 unspecified atom stereocenters. The van der Waals surface area contributed by atoms with Crippen LogP contribution in [0.4, 0.5) is 0 Å². The van der Waals surface area contributed by atoms with Gasteiger partial charge in [0.2, 0.25) is 5.71 Å². The van der Waals surface area contributed by atoms with Gasteiger partial charge in [-0.2, -0.15) is 0 Å². The summed E-state index contributed by atoms with van der Waals surface area (Å²) >= 11 is 0. The highest BCUT2D eigenvalue weighted by Gasteiger charge is 2.07. The van der Waals surface area contributed by atoms with Crippen molar-refractivity contribution in [3.05, 3.63) is 58.9 Å². The SMILES string of the molecule is O=c1cc(-c2ccc(OCCO)cc2)oc2ncccc12. The first-order valence-corrected chi connectivity index (χ1v) is 6.51. The van der Waals surface area contributed by atoms with Crippen LogP contribution in [0.2, 0.25) is 0 Å². The van der Waals surface area contributed by atoms with Gasteiger partial charge < -0.3 is 14.3 Å². The second-order valence-corrected chi connectivity index (χ2v) is 4.43. The Labute approximate surface area is 120 Å². The van der Waals surface area contributed by atoms with Gasteiger partial charge in [0.05, 0.1) is 12.0 Å². The summed E-state index contributed by atoms with van der Waals surface area (Å²) in [7, 11) is 0. The Morgan fingerprint density at radius 3 is 2.76 bits per heavy atom. The summed E-state index contributed by atoms with van der Waals surface area (Å²) < 4.78 is 10.9. The van der Waals surface area contributed by atoms with Gasteiger partial charge >= 0.3 is 0 Å². The van der Waals surface area contributed by atoms with Gasteiger partial charge in [0, 0.05) is 17.8 Å². The third-order valence-electron chi connectivity index (χ3n) is 3.00. The lowest BCUT2D eigenvalue weighted by atomic mass is 10.1. The molecule has 106 valence electrons. The molecule has 2 aromatic heterocycles. The highest BCUT2D eigenvalue weighted by molar-refractivity contribution is 5.75. The summed E-state index contributed by atoms with van der Waals surface area (Å²) in [5, 5.41) is 9.17. The van der Waals surface area contributed by atoms with E-state index in [0.717, 1.165) is 5.56 Å². The maximum Gasteiger partial charge on any atom is 0.230 e. The maximum atomic E-state index is 12.0. The number of hydrogen-bond acceptors (Lipinski definition) is 5. The number of benzene rings is 1. The van der Waals surface area contributed by atoms with Gasteiger partial charge in [0.1, 0.15) is 18.1 Å². The van der Waals surface area contributed by atoms with Gasteiger partial charge in [-0.25, -0.2) is 4.98 Å². The van der Waals surface area contributed by atoms with E-state index in [1.165, 1.54) is 6.07 Å². The first kappa shape index (κ1) is 13.3. The number of ether oxygens (including phenoxy) is 1. The van der Waals surface area contributed by atoms with E-state index in [-0.39, 0.29) is 18.6 Å². The van der Waals surface area contributed by atoms with E-state index in [0.29, 0.717) is 22.6 Å². The molecule has 0 radical (unpaired) electrons. The lowest BCUT2D eigenvalue weighted by Gasteiger charge is -2.06. The lowest BCUT2D eigenvalue weighted by Crippen LogP contribution is -2.02. The molecule has 0 bridgehead atoms. The monoisotopic (exact) mass is 283 g/mol. The molecule has 0 aliphatic rings. The minimum absolute atomic E-state index is 0.0348. The van der Waals surface area contributed by atoms with E-state index < -0.39 is 0 Å². The van der Waals surface area contributed by atoms with Crippen LogP contribution in [0.25, 0.3) is 22.4 Å². The number of aliphatic hydroxyl groups excluding tert-OH is 1. The van der Waals surface area contributed by atoms with E-state index in [1.54, 1.807) is 42.6 Å². The predicted octanol–water partition coefficient (Wildman–Crippen LogP) is 2.23. The molecule has 3 rings (SSSR count). The van der Waals surface area contributed by atoms with Crippen molar-refractivity contribution in [2.75, 3.05) is 13.2 Å². The topological polar surface area (TPSA) is 72.6 Å². The number of hydrogen-bond donors (Lipinski definition) is 1. The van der Waals surface area contributed by atoms with Crippen molar-refractivity contribution < 1.29 is 14.3 Å². The van der Waals surface area contributed by atoms with Crippen molar-refractivity contribution in [2.24, 2.45) is 0 Å². The standard InChI is InChI=1S/C16H13NO4/c18-8-9-20-12-5-3-11(4-6-12)15-10-14(19)13-2-1-7-17-16(13)21-15/h1-7,10,18H,8-9H2. The molecular formula is C16H13NO4. The van der Waals surface area contributed by atoms with Crippen LogP contribution >= 0.6 is 0 Å². The highest BCUT2D eigenvalue weighted by Crippen LogP contribution is 2.23. The van der Waals surface area contributed by atoms with E-state index >= 15 is 0 Å². The van der Waals surface area contributed by atoms with Gasteiger partial charge in [-0.1, -0.05) is 0 Å². The fourth-order valence-corrected chi connectivity index (χ4v) is 2.01. The van der Waals surface area contributed by atoms with Crippen molar-refractivity contribution in [2.45, 2.75) is 0 Å². The number of aromatic nitrogens is 1. The minimum Gasteiger partial charge on any atom is -0.491 e. The van der Waals surface area contributed by atoms with Crippen molar-refractivity contribution in [3.63, 3.8) is 0 Å². The summed E-state index contributed by atoms with van der Waals surface area (Å²) in [6.07, 6.45) is 1.58. The van der Waals surface area contributed by atoms with Crippen molar-refractivity contribution in [3.8, 4) is 17.1 Å². The molecule has 0 aliphatic carbocycles. The summed E-state index contributed by atoms with van der Waals surface area (Å²) in [6.45, 7) is 0.210. The number of rotatable bonds is 4. The smallest absolute Gasteiger partial charge is 0.230 e. The third-order valence-corrected chi connectivity index (χ3v) is 3.00. The molecular weight excluding hydrogens is 270 g/mol. The second-order valence-electron chi connectivity index (χ2n) is 4.43. The largest absolute Gasteiger partial charge is 0.491 e. The molecule has 0 fully saturated rings. The van der Waals surface area contributed by atoms with Crippen LogP contribution in [0.5, 0.6) is 5.75 Å². The van der Waals surface area contributed by atoms with Crippen LogP contribution in [0.15, 0.2) is 57.9 Å². The van der Waals surface area contributed by atoms with E-state index in [2.05, 4.69) is 4.98 Å². The van der Waals surface area contributed by atoms with Gasteiger partial charge in [-0.15, -0.1) is 0 Å². The average Bonchev–Trinajstić information content (AvgIpc) is 2.53. The second kappa shape index (κ2) is 5.76. The van der Waals surface area contributed by atoms with Crippen LogP contribution < -0.4 is 10.2 Å². The normalized spacial score (nSPS) is 10.7.